The number of aromatic nitrogens is 2. The molecule has 0 aromatic carbocycles. The molecule has 0 amide bonds. The van der Waals surface area contributed by atoms with E-state index in [1.165, 1.54) is 14.5 Å². The zero-order valence-corrected chi connectivity index (χ0v) is 9.14. The molecule has 1 N–H and O–H groups in total. The molecule has 0 aliphatic rings. The lowest BCUT2D eigenvalue weighted by Crippen LogP contribution is -1.85. The zero-order valence-electron chi connectivity index (χ0n) is 6.98. The maximum Gasteiger partial charge on any atom is 0.138 e. The second-order valence-electron chi connectivity index (χ2n) is 2.94. The van der Waals surface area contributed by atoms with Gasteiger partial charge in [0.05, 0.1) is 0 Å². The van der Waals surface area contributed by atoms with Gasteiger partial charge in [-0.1, -0.05) is 0 Å². The van der Waals surface area contributed by atoms with Gasteiger partial charge in [0.2, 0.25) is 0 Å². The van der Waals surface area contributed by atoms with E-state index in [2.05, 4.69) is 45.5 Å². The van der Waals surface area contributed by atoms with Crippen molar-refractivity contribution in [3.63, 3.8) is 0 Å². The molecular formula is C9H9IN2. The standard InChI is InChI=1S/C9H9IN2/c1-5-3-6(2)12-9-8(5)7(10)4-11-9/h3-4H,1-2H3,(H,11,12). The summed E-state index contributed by atoms with van der Waals surface area (Å²) in [6.45, 7) is 4.13. The van der Waals surface area contributed by atoms with Crippen LogP contribution in [0.5, 0.6) is 0 Å². The number of aromatic amines is 1. The van der Waals surface area contributed by atoms with Gasteiger partial charge in [-0.25, -0.2) is 4.98 Å². The number of rotatable bonds is 0. The van der Waals surface area contributed by atoms with E-state index in [1.54, 1.807) is 0 Å². The van der Waals surface area contributed by atoms with Crippen molar-refractivity contribution in [2.45, 2.75) is 13.8 Å². The van der Waals surface area contributed by atoms with Crippen LogP contribution in [0, 0.1) is 17.4 Å². The van der Waals surface area contributed by atoms with Crippen molar-refractivity contribution < 1.29 is 0 Å². The van der Waals surface area contributed by atoms with Gasteiger partial charge in [0.25, 0.3) is 0 Å². The minimum absolute atomic E-state index is 0.997. The Bertz CT molecular complexity index is 431. The number of halogens is 1. The van der Waals surface area contributed by atoms with Crippen LogP contribution in [-0.4, -0.2) is 9.97 Å². The Labute approximate surface area is 84.5 Å². The highest BCUT2D eigenvalue weighted by Gasteiger charge is 2.04. The van der Waals surface area contributed by atoms with Crippen LogP contribution in [-0.2, 0) is 0 Å². The first kappa shape index (κ1) is 8.04. The first-order valence-corrected chi connectivity index (χ1v) is 4.87. The molecular weight excluding hydrogens is 263 g/mol. The van der Waals surface area contributed by atoms with Crippen molar-refractivity contribution in [1.29, 1.82) is 0 Å². The molecule has 2 aromatic rings. The zero-order chi connectivity index (χ0) is 8.72. The number of H-pyrrole nitrogens is 1. The third kappa shape index (κ3) is 1.12. The van der Waals surface area contributed by atoms with Crippen molar-refractivity contribution in [2.75, 3.05) is 0 Å². The van der Waals surface area contributed by atoms with Gasteiger partial charge in [0.1, 0.15) is 5.65 Å². The Morgan fingerprint density at radius 3 is 2.92 bits per heavy atom. The third-order valence-electron chi connectivity index (χ3n) is 1.92. The molecule has 2 rings (SSSR count). The fourth-order valence-corrected chi connectivity index (χ4v) is 2.28. The number of hydrogen-bond donors (Lipinski definition) is 1. The number of nitrogens with one attached hydrogen (secondary N) is 1. The summed E-state index contributed by atoms with van der Waals surface area (Å²) in [5.74, 6) is 0. The molecule has 3 heteroatoms. The summed E-state index contributed by atoms with van der Waals surface area (Å²) in [7, 11) is 0. The summed E-state index contributed by atoms with van der Waals surface area (Å²) in [5, 5.41) is 1.25. The quantitative estimate of drug-likeness (QED) is 0.734. The number of nitrogens with zero attached hydrogens (tertiary/aromatic N) is 1. The number of pyridine rings is 1. The van der Waals surface area contributed by atoms with Gasteiger partial charge in [0, 0.05) is 20.8 Å². The first-order valence-electron chi connectivity index (χ1n) is 3.79. The van der Waals surface area contributed by atoms with E-state index in [-0.39, 0.29) is 0 Å². The first-order chi connectivity index (χ1) is 5.68. The van der Waals surface area contributed by atoms with Gasteiger partial charge in [-0.3, -0.25) is 0 Å². The molecule has 2 nitrogen and oxygen atoms in total. The Morgan fingerprint density at radius 2 is 2.17 bits per heavy atom. The number of fused-ring (bicyclic) bond motifs is 1. The molecule has 0 bridgehead atoms. The Balaban J connectivity index is 2.93. The molecule has 0 saturated heterocycles. The fourth-order valence-electron chi connectivity index (χ4n) is 1.45. The van der Waals surface area contributed by atoms with E-state index in [4.69, 9.17) is 0 Å². The molecule has 0 spiro atoms. The SMILES string of the molecule is Cc1cc(C)c2c(I)c[nH]c2n1. The summed E-state index contributed by atoms with van der Waals surface area (Å²) in [5.41, 5.74) is 3.36. The van der Waals surface area contributed by atoms with Gasteiger partial charge >= 0.3 is 0 Å². The van der Waals surface area contributed by atoms with Gasteiger partial charge in [0.15, 0.2) is 0 Å². The Hall–Kier alpha value is -0.580. The highest BCUT2D eigenvalue weighted by Crippen LogP contribution is 2.22. The second-order valence-corrected chi connectivity index (χ2v) is 4.10. The summed E-state index contributed by atoms with van der Waals surface area (Å²) in [6, 6.07) is 2.11. The average Bonchev–Trinajstić information content (AvgIpc) is 2.31. The smallest absolute Gasteiger partial charge is 0.138 e. The highest BCUT2D eigenvalue weighted by atomic mass is 127. The van der Waals surface area contributed by atoms with Crippen LogP contribution in [0.1, 0.15) is 11.3 Å². The van der Waals surface area contributed by atoms with E-state index in [0.717, 1.165) is 11.3 Å². The van der Waals surface area contributed by atoms with Crippen molar-refractivity contribution in [3.05, 3.63) is 27.1 Å². The van der Waals surface area contributed by atoms with Crippen molar-refractivity contribution >= 4 is 33.6 Å². The van der Waals surface area contributed by atoms with E-state index >= 15 is 0 Å². The number of hydrogen-bond acceptors (Lipinski definition) is 1. The van der Waals surface area contributed by atoms with Crippen LogP contribution >= 0.6 is 22.6 Å². The van der Waals surface area contributed by atoms with Crippen LogP contribution in [0.4, 0.5) is 0 Å². The molecule has 2 aromatic heterocycles. The Morgan fingerprint density at radius 1 is 1.42 bits per heavy atom. The molecule has 12 heavy (non-hydrogen) atoms. The minimum Gasteiger partial charge on any atom is -0.345 e. The average molecular weight is 272 g/mol. The lowest BCUT2D eigenvalue weighted by molar-refractivity contribution is 1.21. The van der Waals surface area contributed by atoms with Crippen LogP contribution in [0.3, 0.4) is 0 Å². The molecule has 0 aliphatic heterocycles. The summed E-state index contributed by atoms with van der Waals surface area (Å²) in [6.07, 6.45) is 1.99. The van der Waals surface area contributed by atoms with Crippen molar-refractivity contribution in [1.82, 2.24) is 9.97 Å². The largest absolute Gasteiger partial charge is 0.345 e. The van der Waals surface area contributed by atoms with Crippen molar-refractivity contribution in [3.8, 4) is 0 Å². The van der Waals surface area contributed by atoms with Crippen molar-refractivity contribution in [2.24, 2.45) is 0 Å². The molecule has 0 aliphatic carbocycles. The van der Waals surface area contributed by atoms with E-state index < -0.39 is 0 Å². The lowest BCUT2D eigenvalue weighted by atomic mass is 10.2. The molecule has 0 saturated carbocycles. The summed E-state index contributed by atoms with van der Waals surface area (Å²) in [4.78, 5) is 7.55. The van der Waals surface area contributed by atoms with E-state index in [9.17, 15) is 0 Å². The molecule has 0 unspecified atom stereocenters. The molecule has 0 fully saturated rings. The Kier molecular flexibility index (Phi) is 1.83. The predicted molar refractivity (Wildman–Crippen MR) is 58.3 cm³/mol. The number of aryl methyl sites for hydroxylation is 2. The maximum atomic E-state index is 4.40. The van der Waals surface area contributed by atoms with Gasteiger partial charge in [-0.15, -0.1) is 0 Å². The molecule has 0 radical (unpaired) electrons. The fraction of sp³-hybridized carbons (Fsp3) is 0.222. The van der Waals surface area contributed by atoms with E-state index in [0.29, 0.717) is 0 Å². The monoisotopic (exact) mass is 272 g/mol. The molecule has 2 heterocycles. The van der Waals surface area contributed by atoms with Gasteiger partial charge in [-0.05, 0) is 48.1 Å². The second kappa shape index (κ2) is 2.73. The van der Waals surface area contributed by atoms with Crippen LogP contribution in [0.15, 0.2) is 12.3 Å². The molecule has 0 atom stereocenters. The van der Waals surface area contributed by atoms with E-state index in [1.807, 2.05) is 13.1 Å². The van der Waals surface area contributed by atoms with Crippen LogP contribution in [0.25, 0.3) is 11.0 Å². The van der Waals surface area contributed by atoms with Crippen LogP contribution in [0.2, 0.25) is 0 Å². The predicted octanol–water partition coefficient (Wildman–Crippen LogP) is 2.78. The topological polar surface area (TPSA) is 28.7 Å². The minimum atomic E-state index is 0.997. The summed E-state index contributed by atoms with van der Waals surface area (Å²) < 4.78 is 1.24. The maximum absolute atomic E-state index is 4.40. The van der Waals surface area contributed by atoms with Gasteiger partial charge in [-0.2, -0.15) is 0 Å². The lowest BCUT2D eigenvalue weighted by Gasteiger charge is -1.98. The van der Waals surface area contributed by atoms with Gasteiger partial charge < -0.3 is 4.98 Å². The normalized spacial score (nSPS) is 10.9. The third-order valence-corrected chi connectivity index (χ3v) is 2.77. The van der Waals surface area contributed by atoms with Crippen LogP contribution < -0.4 is 0 Å². The molecule has 62 valence electrons. The summed E-state index contributed by atoms with van der Waals surface area (Å²) >= 11 is 2.32. The highest BCUT2D eigenvalue weighted by molar-refractivity contribution is 14.1.